The van der Waals surface area contributed by atoms with Gasteiger partial charge >= 0.3 is 0 Å². The molecule has 1 heterocycles. The summed E-state index contributed by atoms with van der Waals surface area (Å²) in [6.45, 7) is 2.76. The minimum absolute atomic E-state index is 0.0113. The van der Waals surface area contributed by atoms with Crippen LogP contribution in [-0.4, -0.2) is 24.1 Å². The molecule has 0 radical (unpaired) electrons. The number of benzene rings is 2. The summed E-state index contributed by atoms with van der Waals surface area (Å²) >= 11 is 0. The SMILES string of the molecule is CCCNC(=O)c1ccc(-n2c(-c3cccc(OC)c3)cc3c2CCCCC3)cc1. The van der Waals surface area contributed by atoms with Gasteiger partial charge in [-0.1, -0.05) is 25.5 Å². The summed E-state index contributed by atoms with van der Waals surface area (Å²) in [7, 11) is 1.70. The summed E-state index contributed by atoms with van der Waals surface area (Å²) in [5.74, 6) is 0.848. The highest BCUT2D eigenvalue weighted by Gasteiger charge is 2.20. The molecule has 156 valence electrons. The quantitative estimate of drug-likeness (QED) is 0.549. The van der Waals surface area contributed by atoms with E-state index in [9.17, 15) is 4.79 Å². The molecule has 0 spiro atoms. The molecule has 30 heavy (non-hydrogen) atoms. The second-order valence-corrected chi connectivity index (χ2v) is 7.93. The second-order valence-electron chi connectivity index (χ2n) is 7.93. The van der Waals surface area contributed by atoms with Gasteiger partial charge in [-0.2, -0.15) is 0 Å². The fourth-order valence-corrected chi connectivity index (χ4v) is 4.27. The standard InChI is InChI=1S/C26H30N2O2/c1-3-16-27-26(29)19-12-14-22(15-13-19)28-24-11-6-4-5-8-21(24)18-25(28)20-9-7-10-23(17-20)30-2/h7,9-10,12-15,17-18H,3-6,8,11,16H2,1-2H3,(H,27,29). The number of nitrogens with one attached hydrogen (secondary N) is 1. The molecule has 1 amide bonds. The van der Waals surface area contributed by atoms with Crippen LogP contribution in [0.2, 0.25) is 0 Å². The Hall–Kier alpha value is -3.01. The van der Waals surface area contributed by atoms with E-state index in [-0.39, 0.29) is 5.91 Å². The summed E-state index contributed by atoms with van der Waals surface area (Å²) in [6, 6.07) is 18.6. The Kier molecular flexibility index (Phi) is 6.22. The number of hydrogen-bond acceptors (Lipinski definition) is 2. The van der Waals surface area contributed by atoms with Crippen molar-refractivity contribution in [1.82, 2.24) is 9.88 Å². The topological polar surface area (TPSA) is 43.3 Å². The Morgan fingerprint density at radius 2 is 1.83 bits per heavy atom. The maximum absolute atomic E-state index is 12.3. The molecular formula is C26H30N2O2. The van der Waals surface area contributed by atoms with Crippen molar-refractivity contribution in [3.8, 4) is 22.7 Å². The number of carbonyl (C=O) groups excluding carboxylic acids is 1. The monoisotopic (exact) mass is 402 g/mol. The summed E-state index contributed by atoms with van der Waals surface area (Å²) in [5, 5.41) is 2.95. The number of rotatable bonds is 6. The van der Waals surface area contributed by atoms with Crippen molar-refractivity contribution in [3.63, 3.8) is 0 Å². The van der Waals surface area contributed by atoms with Gasteiger partial charge in [0.2, 0.25) is 0 Å². The van der Waals surface area contributed by atoms with Gasteiger partial charge in [-0.25, -0.2) is 0 Å². The molecule has 0 unspecified atom stereocenters. The second kappa shape index (κ2) is 9.21. The van der Waals surface area contributed by atoms with Gasteiger partial charge in [0.05, 0.1) is 12.8 Å². The van der Waals surface area contributed by atoms with Crippen LogP contribution in [0.3, 0.4) is 0 Å². The molecule has 4 heteroatoms. The Labute approximate surface area is 178 Å². The van der Waals surface area contributed by atoms with E-state index in [0.717, 1.165) is 36.3 Å². The third-order valence-corrected chi connectivity index (χ3v) is 5.84. The van der Waals surface area contributed by atoms with E-state index in [2.05, 4.69) is 47.1 Å². The van der Waals surface area contributed by atoms with Crippen molar-refractivity contribution in [2.75, 3.05) is 13.7 Å². The predicted octanol–water partition coefficient (Wildman–Crippen LogP) is 5.56. The molecule has 1 N–H and O–H groups in total. The van der Waals surface area contributed by atoms with Gasteiger partial charge in [-0.3, -0.25) is 4.79 Å². The number of nitrogens with zero attached hydrogens (tertiary/aromatic N) is 1. The zero-order chi connectivity index (χ0) is 20.9. The average Bonchev–Trinajstić information content (AvgIpc) is 3.00. The summed E-state index contributed by atoms with van der Waals surface area (Å²) in [6.07, 6.45) is 6.87. The van der Waals surface area contributed by atoms with E-state index >= 15 is 0 Å². The molecule has 0 saturated heterocycles. The number of ether oxygens (including phenoxy) is 1. The van der Waals surface area contributed by atoms with Crippen LogP contribution in [0.4, 0.5) is 0 Å². The Bertz CT molecular complexity index is 1020. The van der Waals surface area contributed by atoms with Crippen molar-refractivity contribution >= 4 is 5.91 Å². The number of hydrogen-bond donors (Lipinski definition) is 1. The Morgan fingerprint density at radius 3 is 2.60 bits per heavy atom. The first-order valence-electron chi connectivity index (χ1n) is 11.0. The van der Waals surface area contributed by atoms with E-state index in [1.165, 1.54) is 36.2 Å². The molecule has 2 aromatic carbocycles. The summed E-state index contributed by atoms with van der Waals surface area (Å²) in [5.41, 5.74) is 6.97. The molecule has 0 atom stereocenters. The lowest BCUT2D eigenvalue weighted by atomic mass is 10.1. The lowest BCUT2D eigenvalue weighted by molar-refractivity contribution is 0.0953. The molecule has 4 rings (SSSR count). The van der Waals surface area contributed by atoms with Gasteiger partial charge < -0.3 is 14.6 Å². The lowest BCUT2D eigenvalue weighted by Gasteiger charge is -2.15. The number of carbonyl (C=O) groups is 1. The van der Waals surface area contributed by atoms with E-state index in [1.807, 2.05) is 24.3 Å². The van der Waals surface area contributed by atoms with Crippen LogP contribution in [0, 0.1) is 0 Å². The third kappa shape index (κ3) is 4.13. The van der Waals surface area contributed by atoms with Gasteiger partial charge in [-0.15, -0.1) is 0 Å². The van der Waals surface area contributed by atoms with E-state index in [4.69, 9.17) is 4.74 Å². The van der Waals surface area contributed by atoms with Crippen LogP contribution >= 0.6 is 0 Å². The molecular weight excluding hydrogens is 372 g/mol. The smallest absolute Gasteiger partial charge is 0.251 e. The van der Waals surface area contributed by atoms with Gasteiger partial charge in [0.25, 0.3) is 5.91 Å². The van der Waals surface area contributed by atoms with Crippen LogP contribution in [0.1, 0.15) is 54.2 Å². The van der Waals surface area contributed by atoms with E-state index in [1.54, 1.807) is 7.11 Å². The van der Waals surface area contributed by atoms with Crippen molar-refractivity contribution in [1.29, 1.82) is 0 Å². The van der Waals surface area contributed by atoms with Crippen LogP contribution in [0.15, 0.2) is 54.6 Å². The molecule has 3 aromatic rings. The van der Waals surface area contributed by atoms with Crippen LogP contribution in [-0.2, 0) is 12.8 Å². The molecule has 0 fully saturated rings. The number of aryl methyl sites for hydroxylation is 1. The molecule has 1 aliphatic rings. The fraction of sp³-hybridized carbons (Fsp3) is 0.346. The van der Waals surface area contributed by atoms with Crippen LogP contribution in [0.5, 0.6) is 5.75 Å². The fourth-order valence-electron chi connectivity index (χ4n) is 4.27. The van der Waals surface area contributed by atoms with Crippen LogP contribution < -0.4 is 10.1 Å². The van der Waals surface area contributed by atoms with Crippen molar-refractivity contribution < 1.29 is 9.53 Å². The summed E-state index contributed by atoms with van der Waals surface area (Å²) in [4.78, 5) is 12.3. The maximum atomic E-state index is 12.3. The number of aromatic nitrogens is 1. The first-order valence-corrected chi connectivity index (χ1v) is 11.0. The van der Waals surface area contributed by atoms with Gasteiger partial charge in [0.1, 0.15) is 5.75 Å². The Balaban J connectivity index is 1.77. The molecule has 4 nitrogen and oxygen atoms in total. The van der Waals surface area contributed by atoms with Gasteiger partial charge in [-0.05, 0) is 80.1 Å². The molecule has 0 saturated carbocycles. The first kappa shape index (κ1) is 20.3. The minimum atomic E-state index is -0.0113. The zero-order valence-electron chi connectivity index (χ0n) is 17.9. The first-order chi connectivity index (χ1) is 14.7. The number of methoxy groups -OCH3 is 1. The highest BCUT2D eigenvalue weighted by molar-refractivity contribution is 5.94. The Morgan fingerprint density at radius 1 is 1.03 bits per heavy atom. The molecule has 0 bridgehead atoms. The maximum Gasteiger partial charge on any atom is 0.251 e. The highest BCUT2D eigenvalue weighted by atomic mass is 16.5. The average molecular weight is 403 g/mol. The molecule has 1 aromatic heterocycles. The highest BCUT2D eigenvalue weighted by Crippen LogP contribution is 2.34. The van der Waals surface area contributed by atoms with Crippen molar-refractivity contribution in [2.45, 2.75) is 45.4 Å². The van der Waals surface area contributed by atoms with Crippen molar-refractivity contribution in [3.05, 3.63) is 71.4 Å². The lowest BCUT2D eigenvalue weighted by Crippen LogP contribution is -2.23. The van der Waals surface area contributed by atoms with E-state index < -0.39 is 0 Å². The summed E-state index contributed by atoms with van der Waals surface area (Å²) < 4.78 is 7.84. The van der Waals surface area contributed by atoms with Gasteiger partial charge in [0, 0.05) is 29.1 Å². The normalized spacial score (nSPS) is 13.4. The largest absolute Gasteiger partial charge is 0.497 e. The van der Waals surface area contributed by atoms with Crippen molar-refractivity contribution in [2.24, 2.45) is 0 Å². The molecule has 1 aliphatic carbocycles. The molecule has 0 aliphatic heterocycles. The van der Waals surface area contributed by atoms with E-state index in [0.29, 0.717) is 12.1 Å². The van der Waals surface area contributed by atoms with Crippen LogP contribution in [0.25, 0.3) is 16.9 Å². The number of fused-ring (bicyclic) bond motifs is 1. The minimum Gasteiger partial charge on any atom is -0.497 e. The van der Waals surface area contributed by atoms with Gasteiger partial charge in [0.15, 0.2) is 0 Å². The number of amides is 1. The zero-order valence-corrected chi connectivity index (χ0v) is 17.9. The predicted molar refractivity (Wildman–Crippen MR) is 122 cm³/mol. The third-order valence-electron chi connectivity index (χ3n) is 5.84.